The van der Waals surface area contributed by atoms with E-state index in [1.165, 1.54) is 6.07 Å². The molecule has 0 spiro atoms. The van der Waals surface area contributed by atoms with Gasteiger partial charge in [-0.3, -0.25) is 0 Å². The lowest BCUT2D eigenvalue weighted by atomic mass is 9.85. The number of nitrogens with one attached hydrogen (secondary N) is 1. The van der Waals surface area contributed by atoms with Crippen molar-refractivity contribution in [3.8, 4) is 5.75 Å². The molecule has 0 amide bonds. The van der Waals surface area contributed by atoms with Crippen LogP contribution >= 0.6 is 15.9 Å². The number of likely N-dealkylation sites (N-methyl/N-ethyl adjacent to an activating group) is 1. The summed E-state index contributed by atoms with van der Waals surface area (Å²) < 4.78 is 25.2. The predicted octanol–water partition coefficient (Wildman–Crippen LogP) is 2.73. The molecule has 1 aliphatic carbocycles. The Bertz CT molecular complexity index is 416. The van der Waals surface area contributed by atoms with E-state index < -0.39 is 0 Å². The van der Waals surface area contributed by atoms with Gasteiger partial charge < -0.3 is 14.8 Å². The second-order valence-electron chi connectivity index (χ2n) is 4.28. The van der Waals surface area contributed by atoms with Crippen molar-refractivity contribution in [1.29, 1.82) is 0 Å². The van der Waals surface area contributed by atoms with Crippen LogP contribution in [-0.2, 0) is 4.74 Å². The zero-order valence-corrected chi connectivity index (χ0v) is 12.0. The average Bonchev–Trinajstić information content (AvgIpc) is 2.35. The molecule has 5 heteroatoms. The van der Waals surface area contributed by atoms with Crippen molar-refractivity contribution in [3.63, 3.8) is 0 Å². The van der Waals surface area contributed by atoms with E-state index >= 15 is 0 Å². The van der Waals surface area contributed by atoms with E-state index in [0.29, 0.717) is 22.9 Å². The van der Waals surface area contributed by atoms with Crippen molar-refractivity contribution in [3.05, 3.63) is 28.5 Å². The highest BCUT2D eigenvalue weighted by molar-refractivity contribution is 9.10. The average molecular weight is 318 g/mol. The fourth-order valence-electron chi connectivity index (χ4n) is 2.12. The molecule has 2 rings (SSSR count). The molecule has 3 unspecified atom stereocenters. The van der Waals surface area contributed by atoms with Gasteiger partial charge in [0.05, 0.1) is 4.47 Å². The van der Waals surface area contributed by atoms with Crippen LogP contribution in [0.1, 0.15) is 13.3 Å². The lowest BCUT2D eigenvalue weighted by molar-refractivity contribution is -0.103. The first-order valence-corrected chi connectivity index (χ1v) is 6.85. The summed E-state index contributed by atoms with van der Waals surface area (Å²) in [5, 5.41) is 3.19. The fraction of sp³-hybridized carbons (Fsp3) is 0.538. The van der Waals surface area contributed by atoms with E-state index in [-0.39, 0.29) is 18.0 Å². The number of hydrogen-bond donors (Lipinski definition) is 1. The maximum Gasteiger partial charge on any atom is 0.141 e. The molecule has 1 fully saturated rings. The van der Waals surface area contributed by atoms with Crippen LogP contribution in [-0.4, -0.2) is 31.9 Å². The summed E-state index contributed by atoms with van der Waals surface area (Å²) >= 11 is 3.12. The van der Waals surface area contributed by atoms with E-state index in [2.05, 4.69) is 21.2 Å². The van der Waals surface area contributed by atoms with Crippen molar-refractivity contribution in [2.24, 2.45) is 0 Å². The fourth-order valence-corrected chi connectivity index (χ4v) is 2.37. The van der Waals surface area contributed by atoms with Gasteiger partial charge in [-0.05, 0) is 42.0 Å². The molecule has 1 saturated carbocycles. The summed E-state index contributed by atoms with van der Waals surface area (Å²) in [7, 11) is 1.91. The van der Waals surface area contributed by atoms with Crippen molar-refractivity contribution in [2.75, 3.05) is 13.7 Å². The van der Waals surface area contributed by atoms with Crippen LogP contribution in [0.2, 0.25) is 0 Å². The van der Waals surface area contributed by atoms with Gasteiger partial charge >= 0.3 is 0 Å². The van der Waals surface area contributed by atoms with Crippen molar-refractivity contribution in [2.45, 2.75) is 31.6 Å². The molecule has 0 radical (unpaired) electrons. The van der Waals surface area contributed by atoms with Crippen LogP contribution in [0.3, 0.4) is 0 Å². The summed E-state index contributed by atoms with van der Waals surface area (Å²) in [4.78, 5) is 0. The number of ether oxygens (including phenoxy) is 2. The Hall–Kier alpha value is -0.650. The Labute approximate surface area is 115 Å². The molecule has 3 nitrogen and oxygen atoms in total. The molecule has 0 bridgehead atoms. The van der Waals surface area contributed by atoms with Gasteiger partial charge in [-0.1, -0.05) is 0 Å². The number of benzene rings is 1. The Balaban J connectivity index is 1.99. The second-order valence-corrected chi connectivity index (χ2v) is 5.14. The van der Waals surface area contributed by atoms with Crippen LogP contribution in [0.25, 0.3) is 0 Å². The summed E-state index contributed by atoms with van der Waals surface area (Å²) in [6.07, 6.45) is 0.897. The van der Waals surface area contributed by atoms with Gasteiger partial charge in [0.15, 0.2) is 0 Å². The smallest absolute Gasteiger partial charge is 0.141 e. The molecule has 3 atom stereocenters. The van der Waals surface area contributed by atoms with E-state index in [1.54, 1.807) is 12.1 Å². The van der Waals surface area contributed by atoms with Gasteiger partial charge in [-0.15, -0.1) is 0 Å². The van der Waals surface area contributed by atoms with Crippen LogP contribution in [0, 0.1) is 5.82 Å². The third-order valence-corrected chi connectivity index (χ3v) is 3.80. The second kappa shape index (κ2) is 5.99. The molecule has 0 aromatic heterocycles. The first-order valence-electron chi connectivity index (χ1n) is 6.06. The summed E-state index contributed by atoms with van der Waals surface area (Å²) in [5.74, 6) is 0.227. The highest BCUT2D eigenvalue weighted by atomic mass is 79.9. The zero-order valence-electron chi connectivity index (χ0n) is 10.5. The summed E-state index contributed by atoms with van der Waals surface area (Å²) in [5.41, 5.74) is 0. The summed E-state index contributed by atoms with van der Waals surface area (Å²) in [6, 6.07) is 5.10. The van der Waals surface area contributed by atoms with Crippen molar-refractivity contribution < 1.29 is 13.9 Å². The molecule has 1 aromatic rings. The van der Waals surface area contributed by atoms with Crippen LogP contribution in [0.4, 0.5) is 4.39 Å². The topological polar surface area (TPSA) is 30.5 Å². The minimum absolute atomic E-state index is 0.0111. The van der Waals surface area contributed by atoms with Crippen LogP contribution < -0.4 is 10.1 Å². The first kappa shape index (κ1) is 13.8. The normalized spacial score (nSPS) is 26.8. The van der Waals surface area contributed by atoms with Gasteiger partial charge in [0.2, 0.25) is 0 Å². The predicted molar refractivity (Wildman–Crippen MR) is 71.4 cm³/mol. The third-order valence-electron chi connectivity index (χ3n) is 3.16. The van der Waals surface area contributed by atoms with E-state index in [4.69, 9.17) is 9.47 Å². The Morgan fingerprint density at radius 1 is 1.50 bits per heavy atom. The maximum absolute atomic E-state index is 13.4. The van der Waals surface area contributed by atoms with Gasteiger partial charge in [-0.2, -0.15) is 0 Å². The molecular weight excluding hydrogens is 301 g/mol. The largest absolute Gasteiger partial charge is 0.487 e. The lowest BCUT2D eigenvalue weighted by Crippen LogP contribution is -2.60. The van der Waals surface area contributed by atoms with Crippen LogP contribution in [0.15, 0.2) is 22.7 Å². The van der Waals surface area contributed by atoms with Gasteiger partial charge in [0.25, 0.3) is 0 Å². The molecule has 1 N–H and O–H groups in total. The molecule has 0 saturated heterocycles. The maximum atomic E-state index is 13.4. The number of hydrogen-bond acceptors (Lipinski definition) is 3. The van der Waals surface area contributed by atoms with Crippen LogP contribution in [0.5, 0.6) is 5.75 Å². The van der Waals surface area contributed by atoms with E-state index in [0.717, 1.165) is 6.42 Å². The SMILES string of the molecule is CCOC1C(NC)CC1Oc1ccc(Br)c(F)c1. The summed E-state index contributed by atoms with van der Waals surface area (Å²) in [6.45, 7) is 2.61. The highest BCUT2D eigenvalue weighted by Crippen LogP contribution is 2.30. The highest BCUT2D eigenvalue weighted by Gasteiger charge is 2.42. The number of halogens is 2. The Morgan fingerprint density at radius 2 is 2.28 bits per heavy atom. The third kappa shape index (κ3) is 2.84. The van der Waals surface area contributed by atoms with Gasteiger partial charge in [-0.25, -0.2) is 4.39 Å². The Morgan fingerprint density at radius 3 is 2.89 bits per heavy atom. The van der Waals surface area contributed by atoms with E-state index in [9.17, 15) is 4.39 Å². The minimum atomic E-state index is -0.315. The Kier molecular flexibility index (Phi) is 4.59. The zero-order chi connectivity index (χ0) is 13.1. The first-order chi connectivity index (χ1) is 8.65. The molecule has 0 aliphatic heterocycles. The van der Waals surface area contributed by atoms with Crippen molar-refractivity contribution >= 4 is 15.9 Å². The molecule has 1 aliphatic rings. The lowest BCUT2D eigenvalue weighted by Gasteiger charge is -2.43. The van der Waals surface area contributed by atoms with E-state index in [1.807, 2.05) is 14.0 Å². The molecule has 18 heavy (non-hydrogen) atoms. The molecular formula is C13H17BrFNO2. The van der Waals surface area contributed by atoms with Crippen molar-refractivity contribution in [1.82, 2.24) is 5.32 Å². The van der Waals surface area contributed by atoms with Gasteiger partial charge in [0.1, 0.15) is 23.8 Å². The number of rotatable bonds is 5. The molecule has 0 heterocycles. The van der Waals surface area contributed by atoms with Gasteiger partial charge in [0, 0.05) is 25.1 Å². The standard InChI is InChI=1S/C13H17BrFNO2/c1-3-17-13-11(16-2)7-12(13)18-8-4-5-9(14)10(15)6-8/h4-6,11-13,16H,3,7H2,1-2H3. The quantitative estimate of drug-likeness (QED) is 0.905. The minimum Gasteiger partial charge on any atom is -0.487 e. The monoisotopic (exact) mass is 317 g/mol. The molecule has 1 aromatic carbocycles. The molecule has 100 valence electrons.